The van der Waals surface area contributed by atoms with Gasteiger partial charge < -0.3 is 29.8 Å². The third-order valence-corrected chi connectivity index (χ3v) is 28.4. The number of benzene rings is 4. The largest absolute Gasteiger partial charge is 0.356 e. The molecule has 18 rings (SSSR count). The first kappa shape index (κ1) is 98.1. The average Bonchev–Trinajstić information content (AvgIpc) is 1.58. The van der Waals surface area contributed by atoms with E-state index in [1.165, 1.54) is 54.1 Å². The fraction of sp³-hybridized carbons (Fsp3) is 0.442. The number of aromatic nitrogens is 12. The number of nitrogens with zero attached hydrogens (tertiary/aromatic N) is 16. The summed E-state index contributed by atoms with van der Waals surface area (Å²) < 4.78 is 112. The van der Waals surface area contributed by atoms with Gasteiger partial charge in [-0.05, 0) is 225 Å². The van der Waals surface area contributed by atoms with Gasteiger partial charge in [0.2, 0.25) is 46.0 Å². The van der Waals surface area contributed by atoms with Crippen LogP contribution >= 0.6 is 11.6 Å². The van der Waals surface area contributed by atoms with Crippen molar-refractivity contribution in [3.63, 3.8) is 0 Å². The Bertz CT molecular complexity index is 7310. The third kappa shape index (κ3) is 22.1. The maximum Gasteiger partial charge on any atom is 0.275 e. The first-order valence-electron chi connectivity index (χ1n) is 45.7. The lowest BCUT2D eigenvalue weighted by atomic mass is 9.90. The lowest BCUT2D eigenvalue weighted by Crippen LogP contribution is -2.41. The molecule has 0 spiro atoms. The molecule has 5 amide bonds. The van der Waals surface area contributed by atoms with Crippen LogP contribution in [0.2, 0.25) is 5.02 Å². The smallest absolute Gasteiger partial charge is 0.275 e. The van der Waals surface area contributed by atoms with Crippen LogP contribution in [0, 0.1) is 75.2 Å². The number of halogens is 1. The van der Waals surface area contributed by atoms with Crippen molar-refractivity contribution >= 4 is 138 Å². The zero-order chi connectivity index (χ0) is 97.8. The molecule has 36 nitrogen and oxygen atoms in total. The van der Waals surface area contributed by atoms with Gasteiger partial charge in [-0.25, -0.2) is 67.2 Å². The Morgan fingerprint density at radius 1 is 0.426 bits per heavy atom. The predicted octanol–water partition coefficient (Wildman–Crippen LogP) is 14.2. The highest BCUT2D eigenvalue weighted by Gasteiger charge is 2.40. The third-order valence-electron chi connectivity index (χ3n) is 25.8. The van der Waals surface area contributed by atoms with Crippen LogP contribution in [0.1, 0.15) is 260 Å². The number of nitrogens with one attached hydrogen (secondary N) is 6. The van der Waals surface area contributed by atoms with Gasteiger partial charge in [0.1, 0.15) is 11.6 Å². The van der Waals surface area contributed by atoms with Crippen molar-refractivity contribution in [2.24, 2.45) is 5.92 Å². The molecule has 5 atom stereocenters. The number of likely N-dealkylation sites (tertiary alicyclic amines) is 4. The van der Waals surface area contributed by atoms with E-state index in [0.717, 1.165) is 169 Å². The molecule has 41 heteroatoms. The Morgan fingerprint density at radius 2 is 0.838 bits per heavy atom. The summed E-state index contributed by atoms with van der Waals surface area (Å²) in [6, 6.07) is 26.6. The summed E-state index contributed by atoms with van der Waals surface area (Å²) in [7, 11) is -14.2. The molecule has 12 aromatic rings. The molecule has 136 heavy (non-hydrogen) atoms. The van der Waals surface area contributed by atoms with Crippen molar-refractivity contribution in [2.45, 2.75) is 203 Å². The van der Waals surface area contributed by atoms with Gasteiger partial charge in [0.25, 0.3) is 29.2 Å². The molecule has 0 bridgehead atoms. The van der Waals surface area contributed by atoms with Gasteiger partial charge in [0.05, 0.1) is 123 Å². The highest BCUT2D eigenvalue weighted by Crippen LogP contribution is 2.45. The fourth-order valence-corrected chi connectivity index (χ4v) is 21.0. The first-order chi connectivity index (χ1) is 64.2. The number of sulfonamides is 4. The highest BCUT2D eigenvalue weighted by molar-refractivity contribution is 7.92. The van der Waals surface area contributed by atoms with E-state index in [9.17, 15) is 62.4 Å². The summed E-state index contributed by atoms with van der Waals surface area (Å²) in [5.74, 6) is 1.26. The second-order valence-electron chi connectivity index (χ2n) is 37.0. The number of aromatic amines is 1. The van der Waals surface area contributed by atoms with Gasteiger partial charge in [-0.1, -0.05) is 53.4 Å². The van der Waals surface area contributed by atoms with E-state index in [2.05, 4.69) is 58.0 Å². The van der Waals surface area contributed by atoms with Gasteiger partial charge in [0.15, 0.2) is 22.6 Å². The zero-order valence-electron chi connectivity index (χ0n) is 79.3. The van der Waals surface area contributed by atoms with Crippen LogP contribution in [0.15, 0.2) is 108 Å². The molecule has 722 valence electrons. The zero-order valence-corrected chi connectivity index (χ0v) is 83.3. The first-order valence-corrected chi connectivity index (χ1v) is 53.6. The standard InChI is InChI=1S/C25H31N5O3S.C24H30N6O4S.C23H27ClN6O3S.C23H29N5O4S/c1-15-8-11-20(28-34(4,32)33)19(13-15)25(31)29-12-6-5-7-22(29)21-14-23-26-17(3)16(2)24(18-9-10-18)30(23)27-21;1-14-9-10-19(28-35(5,33)34)18(12-14)24(32)29-11-7-6-8-21(29)20-13-22-25-16(3)15(2)23(26-17(4)31)30(22)27-20;1-15-14-30-21(25-22(15)28-9-5-10-28)13-19(26-30)20-6-3-4-11-29(20)23(31)17-12-16(24)7-8-18(17)27-34(2,32)33;1-13-6-7-18(26-33(5,31)32)17(10-13)23(30)27-9-8-14(2)11-20(27)19-12-21-24-16(4)15(3)22(29)28(21)25-19/h8,11,13-14,18,22,28H,5-7,9-10,12H2,1-4H3;9-10,12-13,21,28H,6-8,11H2,1-5H3,(H,26,31);7-8,12-14,20,27H,3-6,9-11H2,1-2H3;6-7,10,12,14,20,25-26H,8-9,11H2,1-5H3/t22-;21-;20-;14-,20-/m0000/s1. The van der Waals surface area contributed by atoms with Crippen molar-refractivity contribution in [3.05, 3.63) is 225 Å². The van der Waals surface area contributed by atoms with Crippen molar-refractivity contribution in [1.29, 1.82) is 0 Å². The summed E-state index contributed by atoms with van der Waals surface area (Å²) in [6.07, 6.45) is 19.1. The quantitative estimate of drug-likeness (QED) is 0.0438. The molecule has 13 heterocycles. The van der Waals surface area contributed by atoms with Gasteiger partial charge in [0, 0.05) is 121 Å². The number of piperidine rings is 4. The van der Waals surface area contributed by atoms with Gasteiger partial charge in [-0.3, -0.25) is 52.8 Å². The van der Waals surface area contributed by atoms with E-state index in [1.54, 1.807) is 98.2 Å². The maximum atomic E-state index is 13.8. The maximum absolute atomic E-state index is 13.8. The van der Waals surface area contributed by atoms with Gasteiger partial charge in [-0.15, -0.1) is 0 Å². The Balaban J connectivity index is 0.000000138. The van der Waals surface area contributed by atoms with Crippen LogP contribution in [-0.4, -0.2) is 205 Å². The fourth-order valence-electron chi connectivity index (χ4n) is 18.5. The Kier molecular flexibility index (Phi) is 28.4. The van der Waals surface area contributed by atoms with Crippen LogP contribution in [0.4, 0.5) is 34.4 Å². The lowest BCUT2D eigenvalue weighted by molar-refractivity contribution is -0.114. The number of hydrogen-bond acceptors (Lipinski definition) is 22. The Hall–Kier alpha value is -12.4. The molecule has 8 aromatic heterocycles. The number of hydrogen-bond donors (Lipinski definition) is 6. The summed E-state index contributed by atoms with van der Waals surface area (Å²) in [5.41, 5.74) is 17.7. The summed E-state index contributed by atoms with van der Waals surface area (Å²) in [5, 5.41) is 20.9. The number of anilines is 6. The summed E-state index contributed by atoms with van der Waals surface area (Å²) in [4.78, 5) is 108. The van der Waals surface area contributed by atoms with E-state index < -0.39 is 40.1 Å². The van der Waals surface area contributed by atoms with Crippen LogP contribution in [0.5, 0.6) is 0 Å². The summed E-state index contributed by atoms with van der Waals surface area (Å²) in [6.45, 7) is 26.9. The molecule has 0 unspecified atom stereocenters. The van der Waals surface area contributed by atoms with E-state index in [1.807, 2.05) is 88.3 Å². The minimum Gasteiger partial charge on any atom is -0.356 e. The van der Waals surface area contributed by atoms with Crippen molar-refractivity contribution in [3.8, 4) is 0 Å². The van der Waals surface area contributed by atoms with Crippen LogP contribution < -0.4 is 34.7 Å². The lowest BCUT2D eigenvalue weighted by Gasteiger charge is -2.38. The SMILES string of the molecule is CC(=O)Nc1c(C)c(C)nc2cc([C@@H]3CCCCN3C(=O)c3cc(C)ccc3NS(C)(=O)=O)nn12.Cc1ccc(NS(C)(=O)=O)c(C(=O)N2CCCC[C@H]2c2cc3nc(C)c(C)c(C4CC4)n3n2)c1.Cc1ccc(NS(C)(=O)=O)c(C(=O)N2CC[C@H](C)C[C@H]2c2cc3nc(C)c(C)c(=O)n3[nH]2)c1.Cc1cn2nc([C@@H]3CCCCN3C(=O)c3cc(Cl)ccc3NS(C)(=O)=O)cc2nc1N1CCC1. The Labute approximate surface area is 796 Å². The molecule has 6 fully saturated rings. The normalized spacial score (nSPS) is 18.3. The number of amides is 5. The molecule has 5 saturated heterocycles. The molecular weight excluding hydrogens is 1840 g/mol. The molecule has 0 radical (unpaired) electrons. The second-order valence-corrected chi connectivity index (χ2v) is 44.4. The van der Waals surface area contributed by atoms with E-state index in [4.69, 9.17) is 36.9 Å². The molecular formula is C95H117ClN22O14S4. The van der Waals surface area contributed by atoms with E-state index in [0.29, 0.717) is 112 Å². The van der Waals surface area contributed by atoms with Crippen molar-refractivity contribution in [1.82, 2.24) is 78.0 Å². The van der Waals surface area contributed by atoms with Crippen LogP contribution in [-0.2, 0) is 44.9 Å². The van der Waals surface area contributed by atoms with Gasteiger partial charge in [-0.2, -0.15) is 19.8 Å². The topological polar surface area (TPSA) is 439 Å². The van der Waals surface area contributed by atoms with Crippen molar-refractivity contribution < 1.29 is 57.6 Å². The highest BCUT2D eigenvalue weighted by atomic mass is 35.5. The number of carbonyl (C=O) groups excluding carboxylic acids is 5. The minimum absolute atomic E-state index is 0.163. The second kappa shape index (κ2) is 39.4. The average molecular weight is 1950 g/mol. The molecule has 5 aliphatic heterocycles. The number of carbonyl (C=O) groups is 5. The monoisotopic (exact) mass is 1950 g/mol. The molecule has 1 aliphatic carbocycles. The van der Waals surface area contributed by atoms with Crippen LogP contribution in [0.25, 0.3) is 22.6 Å². The number of H-pyrrole nitrogens is 1. The van der Waals surface area contributed by atoms with E-state index >= 15 is 0 Å². The van der Waals surface area contributed by atoms with E-state index in [-0.39, 0.29) is 81.9 Å². The molecule has 1 saturated carbocycles. The van der Waals surface area contributed by atoms with Crippen molar-refractivity contribution in [2.75, 3.05) is 93.4 Å². The minimum atomic E-state index is -3.56. The Morgan fingerprint density at radius 3 is 1.29 bits per heavy atom. The predicted molar refractivity (Wildman–Crippen MR) is 525 cm³/mol. The number of fused-ring (bicyclic) bond motifs is 4. The molecule has 4 aromatic carbocycles. The summed E-state index contributed by atoms with van der Waals surface area (Å²) >= 11 is 6.17. The number of rotatable bonds is 19. The number of aryl methyl sites for hydroxylation is 7. The van der Waals surface area contributed by atoms with Crippen LogP contribution in [0.3, 0.4) is 0 Å². The molecule has 6 N–H and O–H groups in total. The van der Waals surface area contributed by atoms with Gasteiger partial charge >= 0.3 is 0 Å². The molecule has 6 aliphatic rings.